The van der Waals surface area contributed by atoms with Crippen LogP contribution in [0.25, 0.3) is 0 Å². The van der Waals surface area contributed by atoms with Crippen LogP contribution in [-0.2, 0) is 6.18 Å². The van der Waals surface area contributed by atoms with E-state index in [0.29, 0.717) is 0 Å². The van der Waals surface area contributed by atoms with Crippen molar-refractivity contribution in [2.24, 2.45) is 0 Å². The Bertz CT molecular complexity index is 457. The van der Waals surface area contributed by atoms with Gasteiger partial charge in [-0.25, -0.2) is 0 Å². The lowest BCUT2D eigenvalue weighted by atomic mass is 10.1. The minimum atomic E-state index is -4.48. The first-order chi connectivity index (χ1) is 8.14. The molecule has 0 unspecified atom stereocenters. The first-order valence-electron chi connectivity index (χ1n) is 5.28. The molecule has 0 bridgehead atoms. The highest BCUT2D eigenvalue weighted by molar-refractivity contribution is 9.10. The third-order valence-electron chi connectivity index (χ3n) is 2.61. The predicted octanol–water partition coefficient (Wildman–Crippen LogP) is 3.95. The van der Waals surface area contributed by atoms with Crippen LogP contribution in [0.15, 0.2) is 22.7 Å². The van der Waals surface area contributed by atoms with Crippen LogP contribution >= 0.6 is 15.9 Å². The number of rotatable bonds is 2. The topological polar surface area (TPSA) is 20.3 Å². The van der Waals surface area contributed by atoms with Gasteiger partial charge < -0.3 is 4.90 Å². The number of carbonyl (C=O) groups excluding carboxylic acids is 1. The third-order valence-corrected chi connectivity index (χ3v) is 3.31. The van der Waals surface area contributed by atoms with Crippen molar-refractivity contribution in [1.29, 1.82) is 0 Å². The average Bonchev–Trinajstić information content (AvgIpc) is 2.26. The molecule has 1 rings (SSSR count). The Morgan fingerprint density at radius 2 is 1.89 bits per heavy atom. The van der Waals surface area contributed by atoms with Crippen molar-refractivity contribution in [3.63, 3.8) is 0 Å². The van der Waals surface area contributed by atoms with Crippen molar-refractivity contribution in [1.82, 2.24) is 4.90 Å². The summed E-state index contributed by atoms with van der Waals surface area (Å²) in [5.41, 5.74) is -0.813. The number of nitrogens with zero attached hydrogens (tertiary/aromatic N) is 1. The van der Waals surface area contributed by atoms with Crippen LogP contribution in [0.1, 0.15) is 29.8 Å². The fourth-order valence-corrected chi connectivity index (χ4v) is 1.79. The minimum Gasteiger partial charge on any atom is -0.339 e. The molecular formula is C12H13BrF3NO. The van der Waals surface area contributed by atoms with Gasteiger partial charge in [0.25, 0.3) is 5.91 Å². The number of hydrogen-bond acceptors (Lipinski definition) is 1. The van der Waals surface area contributed by atoms with E-state index < -0.39 is 17.6 Å². The van der Waals surface area contributed by atoms with Crippen LogP contribution in [-0.4, -0.2) is 23.9 Å². The Kier molecular flexibility index (Phi) is 4.42. The van der Waals surface area contributed by atoms with E-state index in [4.69, 9.17) is 0 Å². The van der Waals surface area contributed by atoms with Crippen molar-refractivity contribution in [2.75, 3.05) is 7.05 Å². The molecule has 0 atom stereocenters. The monoisotopic (exact) mass is 323 g/mol. The molecule has 0 N–H and O–H groups in total. The maximum absolute atomic E-state index is 12.7. The van der Waals surface area contributed by atoms with Crippen LogP contribution in [0.4, 0.5) is 13.2 Å². The van der Waals surface area contributed by atoms with E-state index in [1.54, 1.807) is 20.9 Å². The second-order valence-corrected chi connectivity index (χ2v) is 5.06. The molecule has 0 saturated heterocycles. The first-order valence-corrected chi connectivity index (χ1v) is 6.07. The summed E-state index contributed by atoms with van der Waals surface area (Å²) in [6.07, 6.45) is -4.48. The molecule has 0 aliphatic heterocycles. The van der Waals surface area contributed by atoms with Crippen LogP contribution in [0.2, 0.25) is 0 Å². The molecule has 1 aromatic rings. The number of hydrogen-bond donors (Lipinski definition) is 0. The van der Waals surface area contributed by atoms with E-state index in [2.05, 4.69) is 15.9 Å². The highest BCUT2D eigenvalue weighted by Gasteiger charge is 2.33. The molecule has 1 amide bonds. The molecule has 2 nitrogen and oxygen atoms in total. The van der Waals surface area contributed by atoms with Gasteiger partial charge in [0.2, 0.25) is 0 Å². The lowest BCUT2D eigenvalue weighted by Gasteiger charge is -2.22. The molecule has 1 aromatic carbocycles. The summed E-state index contributed by atoms with van der Waals surface area (Å²) in [7, 11) is 1.56. The van der Waals surface area contributed by atoms with Crippen LogP contribution in [0.3, 0.4) is 0 Å². The van der Waals surface area contributed by atoms with Gasteiger partial charge in [0.05, 0.1) is 5.56 Å². The van der Waals surface area contributed by atoms with Gasteiger partial charge in [0.15, 0.2) is 0 Å². The number of amides is 1. The Balaban J connectivity index is 3.17. The molecule has 0 aliphatic rings. The van der Waals surface area contributed by atoms with Gasteiger partial charge in [-0.15, -0.1) is 0 Å². The highest BCUT2D eigenvalue weighted by atomic mass is 79.9. The predicted molar refractivity (Wildman–Crippen MR) is 66.4 cm³/mol. The SMILES string of the molecule is CC(C)N(C)C(=O)c1ccc(Br)c(C(F)(F)F)c1. The molecule has 0 heterocycles. The first kappa shape index (κ1) is 15.0. The molecule has 18 heavy (non-hydrogen) atoms. The molecule has 100 valence electrons. The smallest absolute Gasteiger partial charge is 0.339 e. The zero-order chi connectivity index (χ0) is 14.1. The number of carbonyl (C=O) groups is 1. The molecule has 0 aliphatic carbocycles. The van der Waals surface area contributed by atoms with Gasteiger partial charge in [-0.2, -0.15) is 13.2 Å². The molecule has 0 radical (unpaired) electrons. The fourth-order valence-electron chi connectivity index (χ4n) is 1.31. The second kappa shape index (κ2) is 5.30. The van der Waals surface area contributed by atoms with Gasteiger partial charge >= 0.3 is 6.18 Å². The normalized spacial score (nSPS) is 11.8. The summed E-state index contributed by atoms with van der Waals surface area (Å²) < 4.78 is 38.0. The van der Waals surface area contributed by atoms with Gasteiger partial charge in [0.1, 0.15) is 0 Å². The van der Waals surface area contributed by atoms with Gasteiger partial charge in [-0.05, 0) is 32.0 Å². The number of halogens is 4. The largest absolute Gasteiger partial charge is 0.417 e. The van der Waals surface area contributed by atoms with Crippen molar-refractivity contribution < 1.29 is 18.0 Å². The molecular weight excluding hydrogens is 311 g/mol. The lowest BCUT2D eigenvalue weighted by Crippen LogP contribution is -2.33. The Labute approximate surface area is 112 Å². The summed E-state index contributed by atoms with van der Waals surface area (Å²) in [5, 5.41) is 0. The van der Waals surface area contributed by atoms with Crippen molar-refractivity contribution in [3.8, 4) is 0 Å². The van der Waals surface area contributed by atoms with Gasteiger partial charge in [0, 0.05) is 23.1 Å². The summed E-state index contributed by atoms with van der Waals surface area (Å²) in [5.74, 6) is -0.428. The standard InChI is InChI=1S/C12H13BrF3NO/c1-7(2)17(3)11(18)8-4-5-10(13)9(6-8)12(14,15)16/h4-7H,1-3H3. The van der Waals surface area contributed by atoms with Gasteiger partial charge in [-0.3, -0.25) is 4.79 Å². The van der Waals surface area contributed by atoms with E-state index >= 15 is 0 Å². The quantitative estimate of drug-likeness (QED) is 0.807. The van der Waals surface area contributed by atoms with Crippen molar-refractivity contribution in [2.45, 2.75) is 26.1 Å². The third kappa shape index (κ3) is 3.25. The molecule has 0 fully saturated rings. The average molecular weight is 324 g/mol. The van der Waals surface area contributed by atoms with E-state index in [0.717, 1.165) is 6.07 Å². The van der Waals surface area contributed by atoms with Crippen molar-refractivity contribution in [3.05, 3.63) is 33.8 Å². The maximum Gasteiger partial charge on any atom is 0.417 e. The highest BCUT2D eigenvalue weighted by Crippen LogP contribution is 2.35. The fraction of sp³-hybridized carbons (Fsp3) is 0.417. The van der Waals surface area contributed by atoms with Crippen LogP contribution < -0.4 is 0 Å². The van der Waals surface area contributed by atoms with E-state index in [1.807, 2.05) is 0 Å². The van der Waals surface area contributed by atoms with Crippen molar-refractivity contribution >= 4 is 21.8 Å². The Morgan fingerprint density at radius 1 is 1.33 bits per heavy atom. The zero-order valence-electron chi connectivity index (χ0n) is 10.2. The molecule has 0 spiro atoms. The van der Waals surface area contributed by atoms with Crippen LogP contribution in [0, 0.1) is 0 Å². The zero-order valence-corrected chi connectivity index (χ0v) is 11.8. The lowest BCUT2D eigenvalue weighted by molar-refractivity contribution is -0.138. The van der Waals surface area contributed by atoms with Crippen LogP contribution in [0.5, 0.6) is 0 Å². The molecule has 0 aromatic heterocycles. The summed E-state index contributed by atoms with van der Waals surface area (Å²) >= 11 is 2.84. The second-order valence-electron chi connectivity index (χ2n) is 4.20. The van der Waals surface area contributed by atoms with Gasteiger partial charge in [-0.1, -0.05) is 15.9 Å². The summed E-state index contributed by atoms with van der Waals surface area (Å²) in [6, 6.07) is 3.41. The number of alkyl halides is 3. The molecule has 6 heteroatoms. The summed E-state index contributed by atoms with van der Waals surface area (Å²) in [6.45, 7) is 3.59. The Hall–Kier alpha value is -1.04. The Morgan fingerprint density at radius 3 is 2.33 bits per heavy atom. The number of benzene rings is 1. The molecule has 0 saturated carbocycles. The minimum absolute atomic E-state index is 0.0294. The van der Waals surface area contributed by atoms with E-state index in [1.165, 1.54) is 17.0 Å². The van der Waals surface area contributed by atoms with E-state index in [9.17, 15) is 18.0 Å². The van der Waals surface area contributed by atoms with E-state index in [-0.39, 0.29) is 16.1 Å². The maximum atomic E-state index is 12.7. The summed E-state index contributed by atoms with van der Waals surface area (Å²) in [4.78, 5) is 13.3.